The van der Waals surface area contributed by atoms with E-state index in [0.29, 0.717) is 0 Å². The van der Waals surface area contributed by atoms with Gasteiger partial charge in [-0.25, -0.2) is 0 Å². The molecule has 1 fully saturated rings. The van der Waals surface area contributed by atoms with Crippen LogP contribution in [0.25, 0.3) is 0 Å². The second-order valence-corrected chi connectivity index (χ2v) is 5.12. The van der Waals surface area contributed by atoms with Gasteiger partial charge in [0, 0.05) is 5.69 Å². The summed E-state index contributed by atoms with van der Waals surface area (Å²) in [5, 5.41) is 3.04. The van der Waals surface area contributed by atoms with Crippen molar-refractivity contribution in [2.75, 3.05) is 5.32 Å². The van der Waals surface area contributed by atoms with E-state index in [1.54, 1.807) is 0 Å². The van der Waals surface area contributed by atoms with Gasteiger partial charge in [-0.15, -0.1) is 0 Å². The molecule has 1 aliphatic rings. The van der Waals surface area contributed by atoms with Crippen molar-refractivity contribution in [3.05, 3.63) is 66.2 Å². The largest absolute Gasteiger partial charge is 0.325 e. The SMILES string of the molecule is O=C(Nc1ccccc1)C1(c2ccccc2)CCC1. The fraction of sp³-hybridized carbons (Fsp3) is 0.235. The third kappa shape index (κ3) is 2.14. The molecule has 0 aliphatic heterocycles. The Bertz CT molecular complexity index is 558. The smallest absolute Gasteiger partial charge is 0.235 e. The quantitative estimate of drug-likeness (QED) is 0.884. The third-order valence-corrected chi connectivity index (χ3v) is 4.00. The highest BCUT2D eigenvalue weighted by atomic mass is 16.2. The van der Waals surface area contributed by atoms with E-state index in [-0.39, 0.29) is 11.3 Å². The van der Waals surface area contributed by atoms with Crippen molar-refractivity contribution in [1.82, 2.24) is 0 Å². The molecule has 0 aromatic heterocycles. The minimum Gasteiger partial charge on any atom is -0.325 e. The minimum absolute atomic E-state index is 0.121. The summed E-state index contributed by atoms with van der Waals surface area (Å²) in [7, 11) is 0. The first-order chi connectivity index (χ1) is 9.31. The molecule has 0 saturated heterocycles. The van der Waals surface area contributed by atoms with Crippen LogP contribution >= 0.6 is 0 Å². The van der Waals surface area contributed by atoms with E-state index in [9.17, 15) is 4.79 Å². The van der Waals surface area contributed by atoms with Crippen LogP contribution in [-0.4, -0.2) is 5.91 Å². The van der Waals surface area contributed by atoms with Crippen molar-refractivity contribution < 1.29 is 4.79 Å². The van der Waals surface area contributed by atoms with Gasteiger partial charge in [-0.2, -0.15) is 0 Å². The van der Waals surface area contributed by atoms with Crippen molar-refractivity contribution in [2.24, 2.45) is 0 Å². The Morgan fingerprint density at radius 1 is 0.895 bits per heavy atom. The molecule has 2 nitrogen and oxygen atoms in total. The highest BCUT2D eigenvalue weighted by molar-refractivity contribution is 5.99. The summed E-state index contributed by atoms with van der Waals surface area (Å²) in [5.74, 6) is 0.121. The Labute approximate surface area is 113 Å². The van der Waals surface area contributed by atoms with Gasteiger partial charge in [0.25, 0.3) is 0 Å². The van der Waals surface area contributed by atoms with Crippen LogP contribution in [-0.2, 0) is 10.2 Å². The molecule has 0 heterocycles. The van der Waals surface area contributed by atoms with Gasteiger partial charge in [0.15, 0.2) is 0 Å². The number of para-hydroxylation sites is 1. The number of rotatable bonds is 3. The Morgan fingerprint density at radius 2 is 1.47 bits per heavy atom. The molecule has 1 amide bonds. The lowest BCUT2D eigenvalue weighted by Gasteiger charge is -2.40. The van der Waals surface area contributed by atoms with Gasteiger partial charge in [0.05, 0.1) is 5.41 Å². The summed E-state index contributed by atoms with van der Waals surface area (Å²) in [6.07, 6.45) is 3.00. The predicted octanol–water partition coefficient (Wildman–Crippen LogP) is 3.75. The molecule has 96 valence electrons. The molecule has 0 bridgehead atoms. The van der Waals surface area contributed by atoms with Gasteiger partial charge in [-0.1, -0.05) is 55.0 Å². The molecule has 2 aromatic carbocycles. The van der Waals surface area contributed by atoms with Crippen molar-refractivity contribution in [1.29, 1.82) is 0 Å². The summed E-state index contributed by atoms with van der Waals surface area (Å²) in [4.78, 5) is 12.6. The number of carbonyl (C=O) groups is 1. The van der Waals surface area contributed by atoms with Crippen molar-refractivity contribution >= 4 is 11.6 Å². The van der Waals surface area contributed by atoms with E-state index in [2.05, 4.69) is 17.4 Å². The zero-order valence-electron chi connectivity index (χ0n) is 10.8. The van der Waals surface area contributed by atoms with Crippen molar-refractivity contribution in [2.45, 2.75) is 24.7 Å². The van der Waals surface area contributed by atoms with Crippen LogP contribution in [0.15, 0.2) is 60.7 Å². The second kappa shape index (κ2) is 4.88. The molecular weight excluding hydrogens is 234 g/mol. The predicted molar refractivity (Wildman–Crippen MR) is 77.0 cm³/mol. The van der Waals surface area contributed by atoms with Gasteiger partial charge >= 0.3 is 0 Å². The van der Waals surface area contributed by atoms with Crippen LogP contribution in [0.2, 0.25) is 0 Å². The van der Waals surface area contributed by atoms with Crippen molar-refractivity contribution in [3.63, 3.8) is 0 Å². The molecule has 2 aromatic rings. The summed E-state index contributed by atoms with van der Waals surface area (Å²) >= 11 is 0. The Balaban J connectivity index is 1.85. The second-order valence-electron chi connectivity index (χ2n) is 5.12. The fourth-order valence-electron chi connectivity index (χ4n) is 2.71. The van der Waals surface area contributed by atoms with E-state index in [4.69, 9.17) is 0 Å². The van der Waals surface area contributed by atoms with E-state index >= 15 is 0 Å². The molecule has 2 heteroatoms. The van der Waals surface area contributed by atoms with E-state index in [1.807, 2.05) is 48.5 Å². The summed E-state index contributed by atoms with van der Waals surface area (Å²) in [5.41, 5.74) is 1.68. The highest BCUT2D eigenvalue weighted by Crippen LogP contribution is 2.44. The molecule has 0 radical (unpaired) electrons. The summed E-state index contributed by atoms with van der Waals surface area (Å²) in [6.45, 7) is 0. The van der Waals surface area contributed by atoms with E-state index in [0.717, 1.165) is 30.5 Å². The molecule has 0 spiro atoms. The van der Waals surface area contributed by atoms with Crippen LogP contribution in [0.3, 0.4) is 0 Å². The maximum absolute atomic E-state index is 12.6. The number of nitrogens with one attached hydrogen (secondary N) is 1. The number of amides is 1. The van der Waals surface area contributed by atoms with Gasteiger partial charge in [0.1, 0.15) is 0 Å². The van der Waals surface area contributed by atoms with E-state index in [1.165, 1.54) is 0 Å². The molecule has 1 saturated carbocycles. The monoisotopic (exact) mass is 251 g/mol. The lowest BCUT2D eigenvalue weighted by atomic mass is 9.64. The molecular formula is C17H17NO. The number of hydrogen-bond donors (Lipinski definition) is 1. The zero-order chi connectivity index (χ0) is 13.1. The number of benzene rings is 2. The van der Waals surface area contributed by atoms with Gasteiger partial charge in [-0.3, -0.25) is 4.79 Å². The average molecular weight is 251 g/mol. The van der Waals surface area contributed by atoms with Crippen LogP contribution in [0.1, 0.15) is 24.8 Å². The summed E-state index contributed by atoms with van der Waals surface area (Å²) < 4.78 is 0. The number of carbonyl (C=O) groups excluding carboxylic acids is 1. The third-order valence-electron chi connectivity index (χ3n) is 4.00. The lowest BCUT2D eigenvalue weighted by molar-refractivity contribution is -0.124. The molecule has 19 heavy (non-hydrogen) atoms. The molecule has 1 aliphatic carbocycles. The Hall–Kier alpha value is -2.09. The maximum Gasteiger partial charge on any atom is 0.235 e. The minimum atomic E-state index is -0.322. The molecule has 1 N–H and O–H groups in total. The van der Waals surface area contributed by atoms with Crippen LogP contribution in [0, 0.1) is 0 Å². The van der Waals surface area contributed by atoms with Crippen LogP contribution in [0.5, 0.6) is 0 Å². The molecule has 0 atom stereocenters. The average Bonchev–Trinajstić information content (AvgIpc) is 2.40. The Kier molecular flexibility index (Phi) is 3.08. The lowest BCUT2D eigenvalue weighted by Crippen LogP contribution is -2.45. The first-order valence-electron chi connectivity index (χ1n) is 6.73. The first kappa shape index (κ1) is 12.0. The summed E-state index contributed by atoms with van der Waals surface area (Å²) in [6, 6.07) is 19.8. The Morgan fingerprint density at radius 3 is 2.00 bits per heavy atom. The van der Waals surface area contributed by atoms with Gasteiger partial charge in [-0.05, 0) is 30.5 Å². The normalized spacial score (nSPS) is 16.4. The van der Waals surface area contributed by atoms with E-state index < -0.39 is 0 Å². The topological polar surface area (TPSA) is 29.1 Å². The molecule has 3 rings (SSSR count). The first-order valence-corrected chi connectivity index (χ1v) is 6.73. The van der Waals surface area contributed by atoms with Crippen molar-refractivity contribution in [3.8, 4) is 0 Å². The fourth-order valence-corrected chi connectivity index (χ4v) is 2.71. The number of anilines is 1. The number of hydrogen-bond acceptors (Lipinski definition) is 1. The highest BCUT2D eigenvalue weighted by Gasteiger charge is 2.45. The standard InChI is InChI=1S/C17H17NO/c19-16(18-15-10-5-2-6-11-15)17(12-7-13-17)14-8-3-1-4-9-14/h1-6,8-11H,7,12-13H2,(H,18,19). The van der Waals surface area contributed by atoms with Crippen LogP contribution in [0.4, 0.5) is 5.69 Å². The maximum atomic E-state index is 12.6. The van der Waals surface area contributed by atoms with Crippen LogP contribution < -0.4 is 5.32 Å². The molecule has 0 unspecified atom stereocenters. The zero-order valence-corrected chi connectivity index (χ0v) is 10.8. The van der Waals surface area contributed by atoms with Gasteiger partial charge < -0.3 is 5.32 Å². The van der Waals surface area contributed by atoms with Gasteiger partial charge in [0.2, 0.25) is 5.91 Å².